The molecule has 0 unspecified atom stereocenters. The van der Waals surface area contributed by atoms with Crippen molar-refractivity contribution in [3.05, 3.63) is 0 Å². The largest absolute Gasteiger partial charge is 0.306 e. The fourth-order valence-electron chi connectivity index (χ4n) is 3.81. The maximum Gasteiger partial charge on any atom is 0.0156 e. The molecular formula is C12H24N2. The lowest BCUT2D eigenvalue weighted by molar-refractivity contribution is -0.0103. The third kappa shape index (κ3) is 1.82. The van der Waals surface area contributed by atoms with Gasteiger partial charge in [-0.25, -0.2) is 0 Å². The smallest absolute Gasteiger partial charge is 0.0156 e. The van der Waals surface area contributed by atoms with E-state index in [2.05, 4.69) is 37.7 Å². The number of nitrogens with zero attached hydrogens (tertiary/aromatic N) is 2. The Morgan fingerprint density at radius 3 is 2.43 bits per heavy atom. The molecule has 0 spiro atoms. The van der Waals surface area contributed by atoms with Crippen molar-refractivity contribution in [1.29, 1.82) is 0 Å². The Kier molecular flexibility index (Phi) is 2.85. The topological polar surface area (TPSA) is 6.48 Å². The first-order valence-corrected chi connectivity index (χ1v) is 5.96. The molecule has 2 nitrogen and oxygen atoms in total. The van der Waals surface area contributed by atoms with Gasteiger partial charge in [-0.2, -0.15) is 0 Å². The van der Waals surface area contributed by atoms with Gasteiger partial charge in [-0.3, -0.25) is 0 Å². The Morgan fingerprint density at radius 1 is 1.07 bits per heavy atom. The molecule has 0 saturated carbocycles. The van der Waals surface area contributed by atoms with Crippen LogP contribution in [0.5, 0.6) is 0 Å². The van der Waals surface area contributed by atoms with E-state index in [0.29, 0.717) is 0 Å². The molecule has 2 heteroatoms. The van der Waals surface area contributed by atoms with Crippen molar-refractivity contribution < 1.29 is 0 Å². The molecular weight excluding hydrogens is 172 g/mol. The normalized spacial score (nSPS) is 40.5. The van der Waals surface area contributed by atoms with Gasteiger partial charge in [-0.15, -0.1) is 0 Å². The Morgan fingerprint density at radius 2 is 1.79 bits per heavy atom. The van der Waals surface area contributed by atoms with Gasteiger partial charge >= 0.3 is 0 Å². The van der Waals surface area contributed by atoms with Gasteiger partial charge in [0, 0.05) is 25.7 Å². The summed E-state index contributed by atoms with van der Waals surface area (Å²) in [6.07, 6.45) is 1.47. The van der Waals surface area contributed by atoms with Crippen LogP contribution in [-0.4, -0.2) is 49.6 Å². The van der Waals surface area contributed by atoms with Crippen LogP contribution < -0.4 is 0 Å². The van der Waals surface area contributed by atoms with Crippen LogP contribution in [0.3, 0.4) is 0 Å². The lowest BCUT2D eigenvalue weighted by atomic mass is 9.76. The predicted molar refractivity (Wildman–Crippen MR) is 60.4 cm³/mol. The van der Waals surface area contributed by atoms with Crippen LogP contribution in [-0.2, 0) is 0 Å². The molecule has 3 atom stereocenters. The number of fused-ring (bicyclic) bond motifs is 2. The number of piperidine rings is 2. The highest BCUT2D eigenvalue weighted by atomic mass is 15.2. The van der Waals surface area contributed by atoms with Crippen molar-refractivity contribution in [1.82, 2.24) is 9.80 Å². The maximum absolute atomic E-state index is 2.61. The second-order valence-electron chi connectivity index (χ2n) is 5.76. The molecule has 2 heterocycles. The summed E-state index contributed by atoms with van der Waals surface area (Å²) < 4.78 is 0. The van der Waals surface area contributed by atoms with Gasteiger partial charge in [0.2, 0.25) is 0 Å². The van der Waals surface area contributed by atoms with Gasteiger partial charge in [-0.1, -0.05) is 13.8 Å². The molecule has 2 fully saturated rings. The summed E-state index contributed by atoms with van der Waals surface area (Å²) in [5.41, 5.74) is 0. The molecule has 0 aliphatic carbocycles. The van der Waals surface area contributed by atoms with Crippen LogP contribution in [0.2, 0.25) is 0 Å². The van der Waals surface area contributed by atoms with Crippen LogP contribution in [0.4, 0.5) is 0 Å². The predicted octanol–water partition coefficient (Wildman–Crippen LogP) is 1.52. The van der Waals surface area contributed by atoms with Crippen molar-refractivity contribution in [3.63, 3.8) is 0 Å². The summed E-state index contributed by atoms with van der Waals surface area (Å²) in [4.78, 5) is 5.14. The summed E-state index contributed by atoms with van der Waals surface area (Å²) in [5.74, 6) is 2.65. The van der Waals surface area contributed by atoms with Gasteiger partial charge in [0.1, 0.15) is 0 Å². The summed E-state index contributed by atoms with van der Waals surface area (Å²) in [6, 6.07) is 0.814. The van der Waals surface area contributed by atoms with E-state index in [1.807, 2.05) is 0 Å². The first kappa shape index (κ1) is 10.4. The Bertz CT molecular complexity index is 198. The van der Waals surface area contributed by atoms with E-state index in [9.17, 15) is 0 Å². The van der Waals surface area contributed by atoms with E-state index < -0.39 is 0 Å². The molecule has 2 aliphatic rings. The van der Waals surface area contributed by atoms with Crippen LogP contribution in [0.25, 0.3) is 0 Å². The number of rotatable bonds is 1. The molecule has 0 aromatic carbocycles. The van der Waals surface area contributed by atoms with Crippen LogP contribution in [0.15, 0.2) is 0 Å². The van der Waals surface area contributed by atoms with E-state index in [1.165, 1.54) is 26.1 Å². The first-order chi connectivity index (χ1) is 6.58. The third-order valence-electron chi connectivity index (χ3n) is 3.97. The quantitative estimate of drug-likeness (QED) is 0.627. The fourth-order valence-corrected chi connectivity index (χ4v) is 3.81. The molecule has 2 bridgehead atoms. The lowest BCUT2D eigenvalue weighted by Crippen LogP contribution is -2.57. The van der Waals surface area contributed by atoms with Gasteiger partial charge < -0.3 is 9.80 Å². The minimum absolute atomic E-state index is 0.803. The third-order valence-corrected chi connectivity index (χ3v) is 3.97. The standard InChI is InChI=1S/C12H24N2/c1-9(2)12-11-5-10(7-14(12)4)6-13(3)8-11/h9-12H,5-8H2,1-4H3/t10-,11+,12+/m1/s1. The molecule has 2 rings (SSSR count). The molecule has 0 aromatic rings. The SMILES string of the molecule is CC(C)[C@H]1[C@H]2C[C@H](CN(C)C2)CN1C. The van der Waals surface area contributed by atoms with Gasteiger partial charge in [0.05, 0.1) is 0 Å². The van der Waals surface area contributed by atoms with Gasteiger partial charge in [-0.05, 0) is 38.3 Å². The van der Waals surface area contributed by atoms with E-state index in [1.54, 1.807) is 0 Å². The molecule has 0 amide bonds. The van der Waals surface area contributed by atoms with Crippen molar-refractivity contribution >= 4 is 0 Å². The van der Waals surface area contributed by atoms with E-state index >= 15 is 0 Å². The van der Waals surface area contributed by atoms with E-state index in [-0.39, 0.29) is 0 Å². The Hall–Kier alpha value is -0.0800. The molecule has 0 radical (unpaired) electrons. The van der Waals surface area contributed by atoms with Crippen molar-refractivity contribution in [2.24, 2.45) is 17.8 Å². The highest BCUT2D eigenvalue weighted by molar-refractivity contribution is 4.93. The second-order valence-corrected chi connectivity index (χ2v) is 5.76. The average Bonchev–Trinajstić information content (AvgIpc) is 1.99. The van der Waals surface area contributed by atoms with E-state index in [4.69, 9.17) is 0 Å². The molecule has 2 saturated heterocycles. The van der Waals surface area contributed by atoms with Crippen molar-refractivity contribution in [3.8, 4) is 0 Å². The molecule has 82 valence electrons. The number of hydrogen-bond acceptors (Lipinski definition) is 2. The van der Waals surface area contributed by atoms with Gasteiger partial charge in [0.25, 0.3) is 0 Å². The molecule has 2 aliphatic heterocycles. The summed E-state index contributed by atoms with van der Waals surface area (Å²) in [5, 5.41) is 0. The zero-order valence-electron chi connectivity index (χ0n) is 10.0. The summed E-state index contributed by atoms with van der Waals surface area (Å²) in [7, 11) is 4.59. The van der Waals surface area contributed by atoms with E-state index in [0.717, 1.165) is 23.8 Å². The second kappa shape index (κ2) is 3.82. The van der Waals surface area contributed by atoms with Crippen molar-refractivity contribution in [2.45, 2.75) is 26.3 Å². The highest BCUT2D eigenvalue weighted by Crippen LogP contribution is 2.34. The highest BCUT2D eigenvalue weighted by Gasteiger charge is 2.39. The maximum atomic E-state index is 2.61. The average molecular weight is 196 g/mol. The Labute approximate surface area is 88.3 Å². The molecule has 0 N–H and O–H groups in total. The molecule has 0 aromatic heterocycles. The number of hydrogen-bond donors (Lipinski definition) is 0. The summed E-state index contributed by atoms with van der Waals surface area (Å²) >= 11 is 0. The molecule has 14 heavy (non-hydrogen) atoms. The number of likely N-dealkylation sites (tertiary alicyclic amines) is 2. The fraction of sp³-hybridized carbons (Fsp3) is 1.00. The Balaban J connectivity index is 2.10. The zero-order valence-corrected chi connectivity index (χ0v) is 10.0. The van der Waals surface area contributed by atoms with Gasteiger partial charge in [0.15, 0.2) is 0 Å². The lowest BCUT2D eigenvalue weighted by Gasteiger charge is -2.50. The van der Waals surface area contributed by atoms with Crippen molar-refractivity contribution in [2.75, 3.05) is 33.7 Å². The summed E-state index contributed by atoms with van der Waals surface area (Å²) in [6.45, 7) is 8.67. The minimum Gasteiger partial charge on any atom is -0.306 e. The monoisotopic (exact) mass is 196 g/mol. The zero-order chi connectivity index (χ0) is 10.3. The van der Waals surface area contributed by atoms with Crippen LogP contribution in [0, 0.1) is 17.8 Å². The van der Waals surface area contributed by atoms with Crippen LogP contribution in [0.1, 0.15) is 20.3 Å². The first-order valence-electron chi connectivity index (χ1n) is 5.96. The minimum atomic E-state index is 0.803. The van der Waals surface area contributed by atoms with Crippen LogP contribution >= 0.6 is 0 Å².